The molecule has 20 heavy (non-hydrogen) atoms. The van der Waals surface area contributed by atoms with Crippen molar-refractivity contribution in [2.75, 3.05) is 6.61 Å². The number of aliphatic hydroxyl groups is 1. The molecule has 0 spiro atoms. The molecule has 0 radical (unpaired) electrons. The summed E-state index contributed by atoms with van der Waals surface area (Å²) < 4.78 is 40.3. The molecular formula is C11H13BrFNO5S. The van der Waals surface area contributed by atoms with Gasteiger partial charge in [0.15, 0.2) is 5.82 Å². The van der Waals surface area contributed by atoms with Crippen LogP contribution in [0.4, 0.5) is 4.39 Å². The number of aromatic carboxylic acids is 1. The van der Waals surface area contributed by atoms with Crippen molar-refractivity contribution in [2.24, 2.45) is 0 Å². The second-order valence-corrected chi connectivity index (χ2v) is 6.58. The van der Waals surface area contributed by atoms with Gasteiger partial charge in [0.1, 0.15) is 4.90 Å². The zero-order chi connectivity index (χ0) is 15.5. The second kappa shape index (κ2) is 6.61. The van der Waals surface area contributed by atoms with Gasteiger partial charge < -0.3 is 10.2 Å². The molecule has 3 N–H and O–H groups in total. The predicted octanol–water partition coefficient (Wildman–Crippen LogP) is 1.34. The number of nitrogens with one attached hydrogen (secondary N) is 1. The summed E-state index contributed by atoms with van der Waals surface area (Å²) in [7, 11) is -4.27. The number of benzene rings is 1. The van der Waals surface area contributed by atoms with Gasteiger partial charge >= 0.3 is 5.97 Å². The number of carboxylic acid groups (broad SMARTS) is 1. The molecule has 0 heterocycles. The topological polar surface area (TPSA) is 104 Å². The van der Waals surface area contributed by atoms with Crippen LogP contribution in [0.5, 0.6) is 0 Å². The average molecular weight is 370 g/mol. The highest BCUT2D eigenvalue weighted by Gasteiger charge is 2.26. The summed E-state index contributed by atoms with van der Waals surface area (Å²) in [5.74, 6) is -2.92. The number of carboxylic acids is 1. The Kier molecular flexibility index (Phi) is 5.63. The fourth-order valence-corrected chi connectivity index (χ4v) is 3.49. The van der Waals surface area contributed by atoms with Crippen LogP contribution in [-0.2, 0) is 10.0 Å². The molecule has 6 nitrogen and oxygen atoms in total. The molecule has 0 aliphatic carbocycles. The van der Waals surface area contributed by atoms with E-state index in [-0.39, 0.29) is 4.47 Å². The van der Waals surface area contributed by atoms with Gasteiger partial charge in [-0.2, -0.15) is 0 Å². The average Bonchev–Trinajstić information content (AvgIpc) is 2.37. The minimum absolute atomic E-state index is 0.119. The van der Waals surface area contributed by atoms with Crippen LogP contribution >= 0.6 is 15.9 Å². The Morgan fingerprint density at radius 2 is 2.10 bits per heavy atom. The predicted molar refractivity (Wildman–Crippen MR) is 72.5 cm³/mol. The van der Waals surface area contributed by atoms with Crippen molar-refractivity contribution in [3.8, 4) is 0 Å². The van der Waals surface area contributed by atoms with Crippen LogP contribution in [0, 0.1) is 5.82 Å². The van der Waals surface area contributed by atoms with E-state index in [1.54, 1.807) is 6.92 Å². The van der Waals surface area contributed by atoms with Crippen molar-refractivity contribution in [2.45, 2.75) is 24.3 Å². The Morgan fingerprint density at radius 1 is 1.50 bits per heavy atom. The summed E-state index contributed by atoms with van der Waals surface area (Å²) in [6, 6.07) is 1.17. The largest absolute Gasteiger partial charge is 0.478 e. The van der Waals surface area contributed by atoms with Crippen LogP contribution < -0.4 is 4.72 Å². The molecule has 0 amide bonds. The van der Waals surface area contributed by atoms with E-state index in [0.29, 0.717) is 6.42 Å². The van der Waals surface area contributed by atoms with Gasteiger partial charge in [-0.25, -0.2) is 22.3 Å². The molecule has 0 aliphatic heterocycles. The lowest BCUT2D eigenvalue weighted by atomic mass is 10.2. The fraction of sp³-hybridized carbons (Fsp3) is 0.364. The maximum Gasteiger partial charge on any atom is 0.338 e. The van der Waals surface area contributed by atoms with Crippen molar-refractivity contribution in [1.29, 1.82) is 0 Å². The normalized spacial score (nSPS) is 13.2. The third-order valence-corrected chi connectivity index (χ3v) is 4.54. The molecule has 9 heteroatoms. The zero-order valence-electron chi connectivity index (χ0n) is 10.4. The number of rotatable bonds is 6. The van der Waals surface area contributed by atoms with E-state index in [1.807, 2.05) is 0 Å². The maximum atomic E-state index is 14.0. The molecule has 1 rings (SSSR count). The fourth-order valence-electron chi connectivity index (χ4n) is 1.45. The first-order valence-electron chi connectivity index (χ1n) is 5.58. The minimum Gasteiger partial charge on any atom is -0.478 e. The summed E-state index contributed by atoms with van der Waals surface area (Å²) in [5, 5.41) is 17.8. The van der Waals surface area contributed by atoms with Gasteiger partial charge in [0.25, 0.3) is 0 Å². The molecule has 112 valence electrons. The monoisotopic (exact) mass is 369 g/mol. The highest BCUT2D eigenvalue weighted by Crippen LogP contribution is 2.24. The molecular weight excluding hydrogens is 357 g/mol. The summed E-state index contributed by atoms with van der Waals surface area (Å²) in [4.78, 5) is 10.1. The Labute approximate surface area is 123 Å². The van der Waals surface area contributed by atoms with Crippen LogP contribution in [0.2, 0.25) is 0 Å². The van der Waals surface area contributed by atoms with E-state index in [0.717, 1.165) is 12.1 Å². The number of hydrogen-bond acceptors (Lipinski definition) is 4. The highest BCUT2D eigenvalue weighted by atomic mass is 79.9. The first kappa shape index (κ1) is 17.0. The summed E-state index contributed by atoms with van der Waals surface area (Å²) in [5.41, 5.74) is -0.753. The van der Waals surface area contributed by atoms with Gasteiger partial charge in [-0.3, -0.25) is 0 Å². The molecule has 0 aliphatic rings. The third-order valence-electron chi connectivity index (χ3n) is 2.56. The first-order valence-corrected chi connectivity index (χ1v) is 7.86. The Morgan fingerprint density at radius 3 is 2.55 bits per heavy atom. The lowest BCUT2D eigenvalue weighted by molar-refractivity contribution is 0.0691. The molecule has 0 saturated carbocycles. The van der Waals surface area contributed by atoms with Gasteiger partial charge in [-0.15, -0.1) is 0 Å². The molecule has 1 atom stereocenters. The summed E-state index contributed by atoms with van der Waals surface area (Å²) in [6.45, 7) is 1.19. The number of hydrogen-bond donors (Lipinski definition) is 3. The molecule has 0 bridgehead atoms. The SMILES string of the molecule is CC[C@H](CO)NS(=O)(=O)c1cc(Br)cc(C(=O)O)c1F. The van der Waals surface area contributed by atoms with Crippen LogP contribution in [0.15, 0.2) is 21.5 Å². The van der Waals surface area contributed by atoms with Crippen LogP contribution in [0.25, 0.3) is 0 Å². The van der Waals surface area contributed by atoms with E-state index in [1.165, 1.54) is 0 Å². The standard InChI is InChI=1S/C11H13BrFNO5S/c1-2-7(5-15)14-20(18,19)9-4-6(12)3-8(10(9)13)11(16)17/h3-4,7,14-15H,2,5H2,1H3,(H,16,17)/t7-/m1/s1. The Balaban J connectivity index is 3.35. The molecule has 0 unspecified atom stereocenters. The van der Waals surface area contributed by atoms with Gasteiger partial charge in [0.05, 0.1) is 12.2 Å². The van der Waals surface area contributed by atoms with Gasteiger partial charge in [-0.05, 0) is 18.6 Å². The van der Waals surface area contributed by atoms with Crippen molar-refractivity contribution >= 4 is 31.9 Å². The smallest absolute Gasteiger partial charge is 0.338 e. The van der Waals surface area contributed by atoms with E-state index >= 15 is 0 Å². The highest BCUT2D eigenvalue weighted by molar-refractivity contribution is 9.10. The molecule has 0 aromatic heterocycles. The summed E-state index contributed by atoms with van der Waals surface area (Å²) in [6.07, 6.45) is 0.303. The Bertz CT molecular complexity index is 615. The van der Waals surface area contributed by atoms with Gasteiger partial charge in [-0.1, -0.05) is 22.9 Å². The zero-order valence-corrected chi connectivity index (χ0v) is 12.8. The van der Waals surface area contributed by atoms with E-state index in [4.69, 9.17) is 10.2 Å². The molecule has 1 aromatic carbocycles. The van der Waals surface area contributed by atoms with Crippen LogP contribution in [-0.4, -0.2) is 37.2 Å². The van der Waals surface area contributed by atoms with Gasteiger partial charge in [0.2, 0.25) is 10.0 Å². The lowest BCUT2D eigenvalue weighted by Gasteiger charge is -2.15. The van der Waals surface area contributed by atoms with Crippen molar-refractivity contribution in [1.82, 2.24) is 4.72 Å². The summed E-state index contributed by atoms with van der Waals surface area (Å²) >= 11 is 2.94. The second-order valence-electron chi connectivity index (χ2n) is 3.98. The van der Waals surface area contributed by atoms with Crippen LogP contribution in [0.3, 0.4) is 0 Å². The molecule has 0 fully saturated rings. The van der Waals surface area contributed by atoms with Crippen molar-refractivity contribution in [3.63, 3.8) is 0 Å². The van der Waals surface area contributed by atoms with Gasteiger partial charge in [0, 0.05) is 10.5 Å². The number of carbonyl (C=O) groups is 1. The van der Waals surface area contributed by atoms with Crippen molar-refractivity contribution < 1.29 is 27.8 Å². The van der Waals surface area contributed by atoms with Crippen molar-refractivity contribution in [3.05, 3.63) is 28.0 Å². The van der Waals surface area contributed by atoms with Crippen LogP contribution in [0.1, 0.15) is 23.7 Å². The number of halogens is 2. The minimum atomic E-state index is -4.27. The van der Waals surface area contributed by atoms with E-state index in [9.17, 15) is 17.6 Å². The third kappa shape index (κ3) is 3.75. The molecule has 0 saturated heterocycles. The van der Waals surface area contributed by atoms with E-state index < -0.39 is 44.9 Å². The van der Waals surface area contributed by atoms with E-state index in [2.05, 4.69) is 20.7 Å². The Hall–Kier alpha value is -1.03. The molecule has 1 aromatic rings. The number of aliphatic hydroxyl groups excluding tert-OH is 1. The quantitative estimate of drug-likeness (QED) is 0.701. The first-order chi connectivity index (χ1) is 9.22. The lowest BCUT2D eigenvalue weighted by Crippen LogP contribution is -2.37. The number of sulfonamides is 1. The maximum absolute atomic E-state index is 14.0.